The van der Waals surface area contributed by atoms with Crippen LogP contribution in [0.1, 0.15) is 32.3 Å². The molecule has 7 heteroatoms. The van der Waals surface area contributed by atoms with Crippen molar-refractivity contribution in [3.05, 3.63) is 36.3 Å². The molecule has 0 unspecified atom stereocenters. The van der Waals surface area contributed by atoms with E-state index in [-0.39, 0.29) is 11.8 Å². The van der Waals surface area contributed by atoms with Gasteiger partial charge in [-0.1, -0.05) is 6.07 Å². The van der Waals surface area contributed by atoms with Crippen LogP contribution in [0.25, 0.3) is 11.3 Å². The van der Waals surface area contributed by atoms with Crippen LogP contribution >= 0.6 is 0 Å². The third kappa shape index (κ3) is 4.10. The number of nitrogens with one attached hydrogen (secondary N) is 1. The van der Waals surface area contributed by atoms with Crippen molar-refractivity contribution in [1.82, 2.24) is 14.9 Å². The first-order valence-corrected chi connectivity index (χ1v) is 12.1. The number of hydrogen-bond acceptors (Lipinski definition) is 5. The van der Waals surface area contributed by atoms with Crippen molar-refractivity contribution in [1.29, 1.82) is 0 Å². The fraction of sp³-hybridized carbons (Fsp3) is 0.571. The summed E-state index contributed by atoms with van der Waals surface area (Å²) in [5.41, 5.74) is 5.09. The molecule has 1 atom stereocenters. The van der Waals surface area contributed by atoms with E-state index in [9.17, 15) is 8.42 Å². The van der Waals surface area contributed by atoms with Crippen LogP contribution in [0, 0.1) is 0 Å². The minimum atomic E-state index is -2.84. The second-order valence-corrected chi connectivity index (χ2v) is 10.5. The van der Waals surface area contributed by atoms with E-state index in [4.69, 9.17) is 0 Å². The largest absolute Gasteiger partial charge is 0.369 e. The van der Waals surface area contributed by atoms with Crippen LogP contribution in [-0.4, -0.2) is 54.6 Å². The molecule has 2 aromatic rings. The van der Waals surface area contributed by atoms with Crippen molar-refractivity contribution in [3.63, 3.8) is 0 Å². The molecule has 4 rings (SSSR count). The first kappa shape index (κ1) is 19.5. The summed E-state index contributed by atoms with van der Waals surface area (Å²) in [6.45, 7) is 7.16. The van der Waals surface area contributed by atoms with E-state index in [0.717, 1.165) is 38.2 Å². The zero-order valence-electron chi connectivity index (χ0n) is 16.8. The molecule has 152 valence electrons. The van der Waals surface area contributed by atoms with Crippen molar-refractivity contribution < 1.29 is 8.42 Å². The highest BCUT2D eigenvalue weighted by Crippen LogP contribution is 2.32. The van der Waals surface area contributed by atoms with E-state index < -0.39 is 9.84 Å². The Morgan fingerprint density at radius 3 is 2.93 bits per heavy atom. The molecule has 1 N–H and O–H groups in total. The summed E-state index contributed by atoms with van der Waals surface area (Å²) in [7, 11) is -2.84. The predicted octanol–water partition coefficient (Wildman–Crippen LogP) is 2.49. The Hall–Kier alpha value is -1.86. The van der Waals surface area contributed by atoms with Crippen molar-refractivity contribution >= 4 is 15.5 Å². The molecule has 1 aromatic heterocycles. The number of rotatable bonds is 6. The van der Waals surface area contributed by atoms with E-state index in [1.54, 1.807) is 0 Å². The number of fused-ring (bicyclic) bond motifs is 1. The summed E-state index contributed by atoms with van der Waals surface area (Å²) < 4.78 is 25.3. The van der Waals surface area contributed by atoms with Crippen molar-refractivity contribution in [2.24, 2.45) is 0 Å². The van der Waals surface area contributed by atoms with Gasteiger partial charge in [-0.15, -0.1) is 0 Å². The van der Waals surface area contributed by atoms with Gasteiger partial charge in [0.15, 0.2) is 9.84 Å². The van der Waals surface area contributed by atoms with Gasteiger partial charge in [0.1, 0.15) is 0 Å². The minimum absolute atomic E-state index is 0.0859. The monoisotopic (exact) mass is 402 g/mol. The highest BCUT2D eigenvalue weighted by molar-refractivity contribution is 7.91. The first-order chi connectivity index (χ1) is 13.4. The van der Waals surface area contributed by atoms with Gasteiger partial charge in [-0.2, -0.15) is 0 Å². The first-order valence-electron chi connectivity index (χ1n) is 10.3. The van der Waals surface area contributed by atoms with Crippen molar-refractivity contribution in [3.8, 4) is 11.3 Å². The van der Waals surface area contributed by atoms with Gasteiger partial charge >= 0.3 is 0 Å². The lowest BCUT2D eigenvalue weighted by Crippen LogP contribution is -2.35. The minimum Gasteiger partial charge on any atom is -0.369 e. The average Bonchev–Trinajstić information content (AvgIpc) is 3.26. The molecule has 1 fully saturated rings. The maximum atomic E-state index is 11.6. The molecule has 28 heavy (non-hydrogen) atoms. The summed E-state index contributed by atoms with van der Waals surface area (Å²) >= 11 is 0. The Balaban J connectivity index is 1.45. The summed E-state index contributed by atoms with van der Waals surface area (Å²) in [6, 6.07) is 7.37. The molecule has 1 saturated heterocycles. The topological polar surface area (TPSA) is 67.2 Å². The molecule has 1 aromatic carbocycles. The molecule has 6 nitrogen and oxygen atoms in total. The number of hydrogen-bond donors (Lipinski definition) is 1. The SMILES string of the molecule is CC(C)N1CCCc2cc(-c3cncn3CCN[C@@H]3CCS(=O)(=O)C3)ccc21. The number of nitrogens with zero attached hydrogens (tertiary/aromatic N) is 3. The number of benzene rings is 1. The molecule has 0 saturated carbocycles. The zero-order chi connectivity index (χ0) is 19.7. The second-order valence-electron chi connectivity index (χ2n) is 8.26. The Kier molecular flexibility index (Phi) is 5.47. The molecule has 0 aliphatic carbocycles. The van der Waals surface area contributed by atoms with Crippen LogP contribution in [0.3, 0.4) is 0 Å². The van der Waals surface area contributed by atoms with E-state index >= 15 is 0 Å². The van der Waals surface area contributed by atoms with Crippen LogP contribution in [0.4, 0.5) is 5.69 Å². The summed E-state index contributed by atoms with van der Waals surface area (Å²) in [6.07, 6.45) is 6.82. The number of sulfone groups is 1. The molecule has 3 heterocycles. The Morgan fingerprint density at radius 1 is 1.32 bits per heavy atom. The molecule has 2 aliphatic heterocycles. The Labute approximate surface area is 167 Å². The van der Waals surface area contributed by atoms with Crippen LogP contribution in [0.2, 0.25) is 0 Å². The fourth-order valence-electron chi connectivity index (χ4n) is 4.41. The molecular weight excluding hydrogens is 372 g/mol. The molecular formula is C21H30N4O2S. The third-order valence-corrected chi connectivity index (χ3v) is 7.65. The van der Waals surface area contributed by atoms with Crippen LogP contribution in [0.15, 0.2) is 30.7 Å². The third-order valence-electron chi connectivity index (χ3n) is 5.88. The fourth-order valence-corrected chi connectivity index (χ4v) is 6.11. The quantitative estimate of drug-likeness (QED) is 0.804. The number of anilines is 1. The maximum Gasteiger partial charge on any atom is 0.151 e. The number of imidazole rings is 1. The van der Waals surface area contributed by atoms with Gasteiger partial charge < -0.3 is 14.8 Å². The zero-order valence-corrected chi connectivity index (χ0v) is 17.6. The van der Waals surface area contributed by atoms with E-state index in [2.05, 4.69) is 51.8 Å². The van der Waals surface area contributed by atoms with E-state index in [0.29, 0.717) is 11.8 Å². The van der Waals surface area contributed by atoms with Gasteiger partial charge in [-0.3, -0.25) is 0 Å². The van der Waals surface area contributed by atoms with E-state index in [1.807, 2.05) is 12.5 Å². The number of aromatic nitrogens is 2. The Morgan fingerprint density at radius 2 is 2.18 bits per heavy atom. The van der Waals surface area contributed by atoms with Gasteiger partial charge in [-0.25, -0.2) is 13.4 Å². The highest BCUT2D eigenvalue weighted by Gasteiger charge is 2.27. The lowest BCUT2D eigenvalue weighted by Gasteiger charge is -2.35. The average molecular weight is 403 g/mol. The normalized spacial score (nSPS) is 21.2. The lowest BCUT2D eigenvalue weighted by atomic mass is 9.97. The summed E-state index contributed by atoms with van der Waals surface area (Å²) in [4.78, 5) is 6.84. The smallest absolute Gasteiger partial charge is 0.151 e. The molecule has 2 aliphatic rings. The molecule has 0 spiro atoms. The summed E-state index contributed by atoms with van der Waals surface area (Å²) in [5, 5.41) is 3.39. The standard InChI is InChI=1S/C21H30N4O2S/c1-16(2)25-9-3-4-17-12-18(5-6-20(17)25)21-13-22-15-24(21)10-8-23-19-7-11-28(26,27)14-19/h5-6,12-13,15-16,19,23H,3-4,7-11,14H2,1-2H3/t19-/m1/s1. The van der Waals surface area contributed by atoms with Gasteiger partial charge in [0.05, 0.1) is 29.7 Å². The molecule has 0 bridgehead atoms. The number of aryl methyl sites for hydroxylation is 1. The van der Waals surface area contributed by atoms with Crippen LogP contribution in [0.5, 0.6) is 0 Å². The molecule has 0 amide bonds. The Bertz CT molecular complexity index is 936. The molecule has 0 radical (unpaired) electrons. The van der Waals surface area contributed by atoms with Gasteiger partial charge in [-0.05, 0) is 50.8 Å². The van der Waals surface area contributed by atoms with Crippen LogP contribution in [-0.2, 0) is 22.8 Å². The summed E-state index contributed by atoms with van der Waals surface area (Å²) in [5.74, 6) is 0.574. The maximum absolute atomic E-state index is 11.6. The predicted molar refractivity (Wildman–Crippen MR) is 114 cm³/mol. The van der Waals surface area contributed by atoms with Crippen LogP contribution < -0.4 is 10.2 Å². The van der Waals surface area contributed by atoms with Gasteiger partial charge in [0.2, 0.25) is 0 Å². The van der Waals surface area contributed by atoms with Gasteiger partial charge in [0, 0.05) is 43.0 Å². The van der Waals surface area contributed by atoms with E-state index in [1.165, 1.54) is 23.2 Å². The lowest BCUT2D eigenvalue weighted by molar-refractivity contribution is 0.521. The second kappa shape index (κ2) is 7.87. The highest BCUT2D eigenvalue weighted by atomic mass is 32.2. The van der Waals surface area contributed by atoms with Gasteiger partial charge in [0.25, 0.3) is 0 Å². The van der Waals surface area contributed by atoms with Crippen molar-refractivity contribution in [2.75, 3.05) is 29.5 Å². The van der Waals surface area contributed by atoms with Crippen molar-refractivity contribution in [2.45, 2.75) is 51.7 Å².